The predicted octanol–water partition coefficient (Wildman–Crippen LogP) is -0.482. The first-order chi connectivity index (χ1) is 17.7. The second-order valence-electron chi connectivity index (χ2n) is 9.00. The first-order valence-electron chi connectivity index (χ1n) is 11.2. The molecule has 3 heterocycles. The zero-order valence-electron chi connectivity index (χ0n) is 19.4. The third kappa shape index (κ3) is 5.19. The topological polar surface area (TPSA) is 142 Å². The van der Waals surface area contributed by atoms with E-state index in [1.807, 2.05) is 0 Å². The Morgan fingerprint density at radius 3 is 2.32 bits per heavy atom. The van der Waals surface area contributed by atoms with Gasteiger partial charge in [-0.3, -0.25) is 14.1 Å². The van der Waals surface area contributed by atoms with Crippen LogP contribution in [0.15, 0.2) is 12.1 Å². The summed E-state index contributed by atoms with van der Waals surface area (Å²) in [7, 11) is 12.0. The van der Waals surface area contributed by atoms with Crippen LogP contribution < -0.4 is 0 Å². The van der Waals surface area contributed by atoms with Crippen LogP contribution in [0.5, 0.6) is 0 Å². The molecule has 10 nitrogen and oxygen atoms in total. The molecule has 3 fully saturated rings. The largest absolute Gasteiger partial charge is 0.455 e. The van der Waals surface area contributed by atoms with Gasteiger partial charge in [-0.2, -0.15) is 21.6 Å². The third-order valence-electron chi connectivity index (χ3n) is 6.69. The monoisotopic (exact) mass is 552 g/mol. The summed E-state index contributed by atoms with van der Waals surface area (Å²) < 4.78 is 91.6. The summed E-state index contributed by atoms with van der Waals surface area (Å²) in [6.45, 7) is 0. The number of halogens is 3. The molecular weight excluding hydrogens is 534 g/mol. The summed E-state index contributed by atoms with van der Waals surface area (Å²) in [5.41, 5.74) is 1.42. The second-order valence-corrected chi connectivity index (χ2v) is 10.5. The van der Waals surface area contributed by atoms with E-state index < -0.39 is 82.3 Å². The summed E-state index contributed by atoms with van der Waals surface area (Å²) in [6, 6.07) is 3.09. The van der Waals surface area contributed by atoms with Gasteiger partial charge < -0.3 is 18.9 Å². The van der Waals surface area contributed by atoms with Crippen molar-refractivity contribution in [1.29, 1.82) is 0 Å². The molecule has 1 aromatic carbocycles. The minimum absolute atomic E-state index is 0.00367. The van der Waals surface area contributed by atoms with E-state index in [1.165, 1.54) is 6.07 Å². The molecule has 17 heteroatoms. The maximum absolute atomic E-state index is 13.3. The smallest absolute Gasteiger partial charge is 0.426 e. The Balaban J connectivity index is 1.61. The van der Waals surface area contributed by atoms with Crippen LogP contribution in [0.2, 0.25) is 0 Å². The Morgan fingerprint density at radius 1 is 1.08 bits per heavy atom. The van der Waals surface area contributed by atoms with Crippen LogP contribution >= 0.6 is 0 Å². The van der Waals surface area contributed by atoms with E-state index in [0.29, 0.717) is 16.7 Å². The minimum atomic E-state index is -5.36. The molecule has 3 aliphatic rings. The van der Waals surface area contributed by atoms with E-state index in [4.69, 9.17) is 42.3 Å². The number of ether oxygens (including phenoxy) is 4. The fourth-order valence-electron chi connectivity index (χ4n) is 5.05. The summed E-state index contributed by atoms with van der Waals surface area (Å²) >= 11 is 0. The first kappa shape index (κ1) is 28.5. The molecule has 3 aliphatic heterocycles. The van der Waals surface area contributed by atoms with Crippen molar-refractivity contribution in [2.75, 3.05) is 5.75 Å². The highest BCUT2D eigenvalue weighted by Crippen LogP contribution is 2.52. The van der Waals surface area contributed by atoms with Gasteiger partial charge in [-0.25, -0.2) is 4.79 Å². The Morgan fingerprint density at radius 2 is 1.76 bits per heavy atom. The molecule has 7 atom stereocenters. The molecular formula is C21H18B3F3O10S. The standard InChI is InChI=1S/C21H18B3F3O10S/c22-3-7-1-8(4-23)10(5-24)9(2-7)18(28)36-16-14-12(13-15(35-14)17(16)37-20(13)30)19(29)34-11(21(25,26)27)6-38(31,32)33/h1-2,11-17H,3-6H2,(H,31,32,33). The second kappa shape index (κ2) is 10.2. The van der Waals surface area contributed by atoms with Gasteiger partial charge in [0.2, 0.25) is 6.10 Å². The molecule has 2 bridgehead atoms. The average molecular weight is 552 g/mol. The van der Waals surface area contributed by atoms with Crippen molar-refractivity contribution in [3.63, 3.8) is 0 Å². The van der Waals surface area contributed by atoms with Gasteiger partial charge >= 0.3 is 24.1 Å². The number of hydrogen-bond acceptors (Lipinski definition) is 9. The maximum atomic E-state index is 13.3. The number of hydrogen-bond donors (Lipinski definition) is 1. The molecule has 1 aromatic rings. The van der Waals surface area contributed by atoms with Gasteiger partial charge in [0.15, 0.2) is 12.2 Å². The van der Waals surface area contributed by atoms with Gasteiger partial charge in [-0.15, -0.1) is 0 Å². The van der Waals surface area contributed by atoms with Crippen molar-refractivity contribution >= 4 is 51.6 Å². The number of esters is 3. The molecule has 0 aliphatic carbocycles. The van der Waals surface area contributed by atoms with Crippen LogP contribution in [-0.4, -0.2) is 96.9 Å². The molecule has 1 N–H and O–H groups in total. The van der Waals surface area contributed by atoms with Crippen LogP contribution in [0.4, 0.5) is 13.2 Å². The molecule has 0 amide bonds. The SMILES string of the molecule is [B]Cc1cc(C[B])c(C[B])c(C(=O)OC2C3OC(=O)C4C3OC2C4C(=O)OC(CS(=O)(=O)O)C(F)(F)F)c1. The van der Waals surface area contributed by atoms with Gasteiger partial charge in [0.1, 0.15) is 29.8 Å². The highest BCUT2D eigenvalue weighted by molar-refractivity contribution is 7.85. The van der Waals surface area contributed by atoms with Gasteiger partial charge in [0.25, 0.3) is 10.1 Å². The lowest BCUT2D eigenvalue weighted by molar-refractivity contribution is -0.219. The Bertz CT molecular complexity index is 1260. The highest BCUT2D eigenvalue weighted by atomic mass is 32.2. The average Bonchev–Trinajstić information content (AvgIpc) is 3.45. The molecule has 4 rings (SSSR count). The molecule has 38 heavy (non-hydrogen) atoms. The number of carbonyl (C=O) groups excluding carboxylic acids is 3. The van der Waals surface area contributed by atoms with E-state index in [2.05, 4.69) is 4.74 Å². The van der Waals surface area contributed by atoms with Crippen LogP contribution in [0.25, 0.3) is 0 Å². The Labute approximate surface area is 218 Å². The van der Waals surface area contributed by atoms with Gasteiger partial charge in [0.05, 0.1) is 29.1 Å². The quantitative estimate of drug-likeness (QED) is 0.185. The molecule has 198 valence electrons. The molecule has 3 saturated heterocycles. The van der Waals surface area contributed by atoms with E-state index in [9.17, 15) is 36.0 Å². The normalized spacial score (nSPS) is 28.7. The Hall–Kier alpha value is -2.52. The van der Waals surface area contributed by atoms with Gasteiger partial charge in [0, 0.05) is 0 Å². The lowest BCUT2D eigenvalue weighted by Crippen LogP contribution is -2.50. The van der Waals surface area contributed by atoms with Crippen LogP contribution in [0.1, 0.15) is 27.0 Å². The van der Waals surface area contributed by atoms with Gasteiger partial charge in [-0.05, 0) is 11.6 Å². The van der Waals surface area contributed by atoms with E-state index in [-0.39, 0.29) is 24.5 Å². The van der Waals surface area contributed by atoms with Crippen LogP contribution in [-0.2, 0) is 57.6 Å². The molecule has 0 aromatic heterocycles. The van der Waals surface area contributed by atoms with Gasteiger partial charge in [-0.1, -0.05) is 36.2 Å². The molecule has 0 saturated carbocycles. The predicted molar refractivity (Wildman–Crippen MR) is 122 cm³/mol. The van der Waals surface area contributed by atoms with Crippen molar-refractivity contribution in [1.82, 2.24) is 0 Å². The van der Waals surface area contributed by atoms with E-state index in [1.54, 1.807) is 6.07 Å². The van der Waals surface area contributed by atoms with Crippen LogP contribution in [0, 0.1) is 11.8 Å². The molecule has 0 spiro atoms. The molecule has 7 unspecified atom stereocenters. The lowest BCUT2D eigenvalue weighted by atomic mass is 9.78. The maximum Gasteiger partial charge on any atom is 0.426 e. The number of carbonyl (C=O) groups is 3. The summed E-state index contributed by atoms with van der Waals surface area (Å²) in [4.78, 5) is 38.4. The van der Waals surface area contributed by atoms with Crippen LogP contribution in [0.3, 0.4) is 0 Å². The third-order valence-corrected chi connectivity index (χ3v) is 7.41. The fraction of sp³-hybridized carbons (Fsp3) is 0.571. The number of rotatable bonds is 9. The Kier molecular flexibility index (Phi) is 7.67. The summed E-state index contributed by atoms with van der Waals surface area (Å²) in [5.74, 6) is -8.61. The van der Waals surface area contributed by atoms with E-state index in [0.717, 1.165) is 0 Å². The molecule has 6 radical (unpaired) electrons. The van der Waals surface area contributed by atoms with Crippen molar-refractivity contribution in [2.45, 2.75) is 55.7 Å². The number of fused-ring (bicyclic) bond motifs is 1. The van der Waals surface area contributed by atoms with Crippen molar-refractivity contribution in [3.05, 3.63) is 34.4 Å². The lowest BCUT2D eigenvalue weighted by Gasteiger charge is -2.29. The number of benzene rings is 1. The highest BCUT2D eigenvalue weighted by Gasteiger charge is 2.72. The van der Waals surface area contributed by atoms with Crippen molar-refractivity contribution in [3.8, 4) is 0 Å². The fourth-order valence-corrected chi connectivity index (χ4v) is 5.69. The first-order valence-corrected chi connectivity index (χ1v) is 12.8. The van der Waals surface area contributed by atoms with Crippen molar-refractivity contribution < 1.29 is 59.5 Å². The summed E-state index contributed by atoms with van der Waals surface area (Å²) in [5, 5.41) is 0. The number of alkyl halides is 3. The zero-order chi connectivity index (χ0) is 28.2. The van der Waals surface area contributed by atoms with Crippen molar-refractivity contribution in [2.24, 2.45) is 11.8 Å². The van der Waals surface area contributed by atoms with E-state index >= 15 is 0 Å². The zero-order valence-corrected chi connectivity index (χ0v) is 20.2. The minimum Gasteiger partial charge on any atom is -0.455 e. The summed E-state index contributed by atoms with van der Waals surface area (Å²) in [6.07, 6.45) is -13.7.